The van der Waals surface area contributed by atoms with Gasteiger partial charge in [0.1, 0.15) is 5.82 Å². The van der Waals surface area contributed by atoms with Crippen LogP contribution in [0, 0.1) is 12.8 Å². The van der Waals surface area contributed by atoms with Crippen molar-refractivity contribution in [2.45, 2.75) is 20.3 Å². The average Bonchev–Trinajstić information content (AvgIpc) is 2.17. The standard InChI is InChI=1S/C11H18N2O/c1-9(5-7-14)8-13-11-10(2)4-3-6-12-11/h3-4,6,9,14H,5,7-8H2,1-2H3,(H,12,13). The van der Waals surface area contributed by atoms with Crippen molar-refractivity contribution in [3.63, 3.8) is 0 Å². The fourth-order valence-electron chi connectivity index (χ4n) is 1.26. The first-order valence-corrected chi connectivity index (χ1v) is 5.00. The molecule has 1 rings (SSSR count). The van der Waals surface area contributed by atoms with Gasteiger partial charge in [-0.3, -0.25) is 0 Å². The van der Waals surface area contributed by atoms with Crippen LogP contribution in [-0.2, 0) is 0 Å². The van der Waals surface area contributed by atoms with Crippen molar-refractivity contribution in [1.29, 1.82) is 0 Å². The van der Waals surface area contributed by atoms with Gasteiger partial charge in [0.25, 0.3) is 0 Å². The lowest BCUT2D eigenvalue weighted by atomic mass is 10.1. The average molecular weight is 194 g/mol. The summed E-state index contributed by atoms with van der Waals surface area (Å²) in [5.74, 6) is 1.42. The predicted molar refractivity (Wildman–Crippen MR) is 58.3 cm³/mol. The molecule has 1 aromatic rings. The molecular weight excluding hydrogens is 176 g/mol. The van der Waals surface area contributed by atoms with E-state index in [1.54, 1.807) is 6.20 Å². The van der Waals surface area contributed by atoms with Crippen molar-refractivity contribution in [2.24, 2.45) is 5.92 Å². The van der Waals surface area contributed by atoms with E-state index in [4.69, 9.17) is 5.11 Å². The summed E-state index contributed by atoms with van der Waals surface area (Å²) < 4.78 is 0. The molecule has 1 unspecified atom stereocenters. The van der Waals surface area contributed by atoms with Gasteiger partial charge in [-0.05, 0) is 30.9 Å². The lowest BCUT2D eigenvalue weighted by Gasteiger charge is -2.12. The Morgan fingerprint density at radius 3 is 3.00 bits per heavy atom. The molecule has 1 heterocycles. The lowest BCUT2D eigenvalue weighted by molar-refractivity contribution is 0.266. The van der Waals surface area contributed by atoms with Crippen LogP contribution in [0.5, 0.6) is 0 Å². The third-order valence-corrected chi connectivity index (χ3v) is 2.25. The van der Waals surface area contributed by atoms with Gasteiger partial charge in [0.15, 0.2) is 0 Å². The molecule has 1 aromatic heterocycles. The Morgan fingerprint density at radius 2 is 2.36 bits per heavy atom. The Morgan fingerprint density at radius 1 is 1.57 bits per heavy atom. The van der Waals surface area contributed by atoms with Gasteiger partial charge in [0.05, 0.1) is 0 Å². The van der Waals surface area contributed by atoms with Crippen LogP contribution in [0.2, 0.25) is 0 Å². The molecule has 0 aliphatic rings. The molecule has 3 nitrogen and oxygen atoms in total. The van der Waals surface area contributed by atoms with Crippen molar-refractivity contribution in [1.82, 2.24) is 4.98 Å². The van der Waals surface area contributed by atoms with E-state index in [2.05, 4.69) is 17.2 Å². The maximum absolute atomic E-state index is 8.75. The van der Waals surface area contributed by atoms with Gasteiger partial charge in [0.2, 0.25) is 0 Å². The van der Waals surface area contributed by atoms with Gasteiger partial charge in [-0.2, -0.15) is 0 Å². The zero-order valence-electron chi connectivity index (χ0n) is 8.83. The smallest absolute Gasteiger partial charge is 0.128 e. The number of aromatic nitrogens is 1. The minimum Gasteiger partial charge on any atom is -0.396 e. The van der Waals surface area contributed by atoms with E-state index in [-0.39, 0.29) is 6.61 Å². The highest BCUT2D eigenvalue weighted by atomic mass is 16.3. The molecule has 14 heavy (non-hydrogen) atoms. The van der Waals surface area contributed by atoms with Crippen LogP contribution in [0.25, 0.3) is 0 Å². The van der Waals surface area contributed by atoms with Gasteiger partial charge in [0, 0.05) is 19.3 Å². The van der Waals surface area contributed by atoms with Crippen LogP contribution in [0.15, 0.2) is 18.3 Å². The summed E-state index contributed by atoms with van der Waals surface area (Å²) in [5.41, 5.74) is 1.16. The summed E-state index contributed by atoms with van der Waals surface area (Å²) in [7, 11) is 0. The van der Waals surface area contributed by atoms with Crippen molar-refractivity contribution < 1.29 is 5.11 Å². The Kier molecular flexibility index (Phi) is 4.40. The highest BCUT2D eigenvalue weighted by Gasteiger charge is 2.02. The summed E-state index contributed by atoms with van der Waals surface area (Å²) in [4.78, 5) is 4.24. The number of hydrogen-bond donors (Lipinski definition) is 2. The molecule has 78 valence electrons. The highest BCUT2D eigenvalue weighted by molar-refractivity contribution is 5.42. The lowest BCUT2D eigenvalue weighted by Crippen LogP contribution is -2.13. The number of pyridine rings is 1. The second kappa shape index (κ2) is 5.60. The molecule has 0 saturated carbocycles. The summed E-state index contributed by atoms with van der Waals surface area (Å²) in [6.45, 7) is 5.26. The monoisotopic (exact) mass is 194 g/mol. The van der Waals surface area contributed by atoms with Crippen LogP contribution in [-0.4, -0.2) is 23.2 Å². The fourth-order valence-corrected chi connectivity index (χ4v) is 1.26. The van der Waals surface area contributed by atoms with Gasteiger partial charge in [-0.1, -0.05) is 13.0 Å². The van der Waals surface area contributed by atoms with Crippen LogP contribution >= 0.6 is 0 Å². The van der Waals surface area contributed by atoms with E-state index in [0.717, 1.165) is 24.3 Å². The maximum atomic E-state index is 8.75. The molecule has 0 aromatic carbocycles. The number of rotatable bonds is 5. The molecule has 0 aliphatic carbocycles. The first-order chi connectivity index (χ1) is 6.74. The summed E-state index contributed by atoms with van der Waals surface area (Å²) in [5, 5.41) is 12.0. The molecule has 0 amide bonds. The second-order valence-corrected chi connectivity index (χ2v) is 3.67. The molecule has 0 bridgehead atoms. The van der Waals surface area contributed by atoms with Gasteiger partial charge in [-0.15, -0.1) is 0 Å². The van der Waals surface area contributed by atoms with Gasteiger partial charge in [-0.25, -0.2) is 4.98 Å². The van der Waals surface area contributed by atoms with E-state index in [0.29, 0.717) is 5.92 Å². The fraction of sp³-hybridized carbons (Fsp3) is 0.545. The van der Waals surface area contributed by atoms with Crippen molar-refractivity contribution >= 4 is 5.82 Å². The van der Waals surface area contributed by atoms with Gasteiger partial charge >= 0.3 is 0 Å². The van der Waals surface area contributed by atoms with Crippen LogP contribution in [0.1, 0.15) is 18.9 Å². The molecule has 0 aliphatic heterocycles. The Balaban J connectivity index is 2.41. The minimum atomic E-state index is 0.254. The quantitative estimate of drug-likeness (QED) is 0.751. The molecule has 1 atom stereocenters. The number of hydrogen-bond acceptors (Lipinski definition) is 3. The summed E-state index contributed by atoms with van der Waals surface area (Å²) in [6.07, 6.45) is 2.62. The Hall–Kier alpha value is -1.09. The van der Waals surface area contributed by atoms with Crippen LogP contribution in [0.3, 0.4) is 0 Å². The topological polar surface area (TPSA) is 45.2 Å². The number of aliphatic hydroxyl groups is 1. The number of aliphatic hydroxyl groups excluding tert-OH is 1. The van der Waals surface area contributed by atoms with E-state index >= 15 is 0 Å². The highest BCUT2D eigenvalue weighted by Crippen LogP contribution is 2.10. The first kappa shape index (κ1) is 11.0. The maximum Gasteiger partial charge on any atom is 0.128 e. The van der Waals surface area contributed by atoms with Crippen molar-refractivity contribution in [3.05, 3.63) is 23.9 Å². The van der Waals surface area contributed by atoms with E-state index in [1.807, 2.05) is 19.1 Å². The molecule has 0 spiro atoms. The molecule has 2 N–H and O–H groups in total. The number of nitrogens with one attached hydrogen (secondary N) is 1. The Bertz CT molecular complexity index is 276. The van der Waals surface area contributed by atoms with E-state index in [9.17, 15) is 0 Å². The largest absolute Gasteiger partial charge is 0.396 e. The Labute approximate surface area is 85.2 Å². The van der Waals surface area contributed by atoms with E-state index < -0.39 is 0 Å². The molecule has 0 fully saturated rings. The molecular formula is C11H18N2O. The normalized spacial score (nSPS) is 12.5. The SMILES string of the molecule is Cc1cccnc1NCC(C)CCO. The number of anilines is 1. The number of nitrogens with zero attached hydrogens (tertiary/aromatic N) is 1. The van der Waals surface area contributed by atoms with Crippen LogP contribution < -0.4 is 5.32 Å². The third kappa shape index (κ3) is 3.34. The van der Waals surface area contributed by atoms with E-state index in [1.165, 1.54) is 0 Å². The third-order valence-electron chi connectivity index (χ3n) is 2.25. The molecule has 0 saturated heterocycles. The minimum absolute atomic E-state index is 0.254. The van der Waals surface area contributed by atoms with Crippen LogP contribution in [0.4, 0.5) is 5.82 Å². The predicted octanol–water partition coefficient (Wildman–Crippen LogP) is 1.82. The summed E-state index contributed by atoms with van der Waals surface area (Å²) >= 11 is 0. The zero-order chi connectivity index (χ0) is 10.4. The second-order valence-electron chi connectivity index (χ2n) is 3.67. The van der Waals surface area contributed by atoms with Gasteiger partial charge < -0.3 is 10.4 Å². The number of aryl methyl sites for hydroxylation is 1. The zero-order valence-corrected chi connectivity index (χ0v) is 8.83. The first-order valence-electron chi connectivity index (χ1n) is 5.00. The van der Waals surface area contributed by atoms with Crippen molar-refractivity contribution in [3.8, 4) is 0 Å². The summed E-state index contributed by atoms with van der Waals surface area (Å²) in [6, 6.07) is 3.96. The van der Waals surface area contributed by atoms with Crippen molar-refractivity contribution in [2.75, 3.05) is 18.5 Å². The molecule has 0 radical (unpaired) electrons. The molecule has 3 heteroatoms.